The van der Waals surface area contributed by atoms with Crippen molar-refractivity contribution in [3.8, 4) is 6.07 Å². The van der Waals surface area contributed by atoms with Gasteiger partial charge in [-0.15, -0.1) is 0 Å². The van der Waals surface area contributed by atoms with Crippen molar-refractivity contribution >= 4 is 34.9 Å². The first kappa shape index (κ1) is 21.9. The summed E-state index contributed by atoms with van der Waals surface area (Å²) < 4.78 is 0. The molecule has 0 radical (unpaired) electrons. The van der Waals surface area contributed by atoms with Gasteiger partial charge in [-0.25, -0.2) is 0 Å². The lowest BCUT2D eigenvalue weighted by Crippen LogP contribution is -2.27. The molecule has 0 spiro atoms. The monoisotopic (exact) mass is 436 g/mol. The first-order valence-electron chi connectivity index (χ1n) is 9.43. The van der Waals surface area contributed by atoms with Crippen LogP contribution >= 0.6 is 23.4 Å². The molecule has 4 nitrogen and oxygen atoms in total. The summed E-state index contributed by atoms with van der Waals surface area (Å²) in [7, 11) is 0. The van der Waals surface area contributed by atoms with Crippen LogP contribution in [0, 0.1) is 18.3 Å². The zero-order valence-electron chi connectivity index (χ0n) is 17.0. The summed E-state index contributed by atoms with van der Waals surface area (Å²) in [4.78, 5) is 25.0. The van der Waals surface area contributed by atoms with Gasteiger partial charge in [-0.2, -0.15) is 5.26 Å². The van der Waals surface area contributed by atoms with Crippen molar-refractivity contribution in [1.82, 2.24) is 5.32 Å². The van der Waals surface area contributed by atoms with Gasteiger partial charge in [0.2, 0.25) is 0 Å². The van der Waals surface area contributed by atoms with Crippen molar-refractivity contribution < 1.29 is 9.59 Å². The van der Waals surface area contributed by atoms with Gasteiger partial charge < -0.3 is 5.32 Å². The summed E-state index contributed by atoms with van der Waals surface area (Å²) in [5, 5.41) is 14.2. The van der Waals surface area contributed by atoms with E-state index in [1.807, 2.05) is 37.3 Å². The molecule has 1 aliphatic heterocycles. The third-order valence-electron chi connectivity index (χ3n) is 4.96. The Labute approximate surface area is 185 Å². The van der Waals surface area contributed by atoms with E-state index in [9.17, 15) is 14.9 Å². The standard InChI is InChI=1S/C24H21ClN2O2S/c1-14-8-10-17(11-9-14)21(29)13-30-24-19(12-26)23(18-6-4-5-7-20(18)25)22(16(3)28)15(2)27-24/h4-11,23,27H,13H2,1-3H3. The second-order valence-electron chi connectivity index (χ2n) is 7.11. The number of carbonyl (C=O) groups excluding carboxylic acids is 2. The van der Waals surface area contributed by atoms with E-state index in [4.69, 9.17) is 11.6 Å². The molecule has 0 aliphatic carbocycles. The van der Waals surface area contributed by atoms with Gasteiger partial charge >= 0.3 is 0 Å². The second kappa shape index (κ2) is 9.34. The maximum absolute atomic E-state index is 12.6. The quantitative estimate of drug-likeness (QED) is 0.601. The van der Waals surface area contributed by atoms with E-state index in [1.54, 1.807) is 25.1 Å². The molecular weight excluding hydrogens is 416 g/mol. The molecule has 2 aromatic carbocycles. The predicted octanol–water partition coefficient (Wildman–Crippen LogP) is 5.55. The third-order valence-corrected chi connectivity index (χ3v) is 6.33. The average Bonchev–Trinajstić information content (AvgIpc) is 2.72. The Morgan fingerprint density at radius 1 is 1.13 bits per heavy atom. The highest BCUT2D eigenvalue weighted by molar-refractivity contribution is 8.03. The summed E-state index contributed by atoms with van der Waals surface area (Å²) >= 11 is 7.69. The lowest BCUT2D eigenvalue weighted by atomic mass is 9.81. The minimum atomic E-state index is -0.570. The molecule has 1 atom stereocenters. The predicted molar refractivity (Wildman–Crippen MR) is 121 cm³/mol. The first-order chi connectivity index (χ1) is 14.3. The number of aryl methyl sites for hydroxylation is 1. The Morgan fingerprint density at radius 3 is 2.40 bits per heavy atom. The van der Waals surface area contributed by atoms with Gasteiger partial charge in [0.1, 0.15) is 0 Å². The van der Waals surface area contributed by atoms with Gasteiger partial charge in [-0.3, -0.25) is 9.59 Å². The van der Waals surface area contributed by atoms with Crippen molar-refractivity contribution in [2.75, 3.05) is 5.75 Å². The molecule has 0 aromatic heterocycles. The zero-order valence-corrected chi connectivity index (χ0v) is 18.5. The van der Waals surface area contributed by atoms with Gasteiger partial charge in [0.15, 0.2) is 11.6 Å². The molecule has 152 valence electrons. The molecule has 30 heavy (non-hydrogen) atoms. The maximum Gasteiger partial charge on any atom is 0.173 e. The summed E-state index contributed by atoms with van der Waals surface area (Å²) in [5.74, 6) is -0.550. The molecule has 1 aliphatic rings. The van der Waals surface area contributed by atoms with E-state index in [0.717, 1.165) is 5.56 Å². The fourth-order valence-corrected chi connectivity index (χ4v) is 4.71. The summed E-state index contributed by atoms with van der Waals surface area (Å²) in [6, 6.07) is 16.9. The van der Waals surface area contributed by atoms with Crippen molar-refractivity contribution in [3.63, 3.8) is 0 Å². The minimum absolute atomic E-state index is 0.0279. The SMILES string of the molecule is CC(=O)C1=C(C)NC(SCC(=O)c2ccc(C)cc2)=C(C#N)C1c1ccccc1Cl. The van der Waals surface area contributed by atoms with Crippen molar-refractivity contribution in [2.45, 2.75) is 26.7 Å². The fourth-order valence-electron chi connectivity index (χ4n) is 3.47. The first-order valence-corrected chi connectivity index (χ1v) is 10.8. The molecule has 0 bridgehead atoms. The molecule has 0 saturated carbocycles. The van der Waals surface area contributed by atoms with Gasteiger partial charge in [0, 0.05) is 21.9 Å². The summed E-state index contributed by atoms with van der Waals surface area (Å²) in [5.41, 5.74) is 3.97. The molecule has 0 saturated heterocycles. The lowest BCUT2D eigenvalue weighted by Gasteiger charge is -2.29. The Hall–Kier alpha value is -2.81. The average molecular weight is 437 g/mol. The van der Waals surface area contributed by atoms with Crippen LogP contribution in [-0.2, 0) is 4.79 Å². The van der Waals surface area contributed by atoms with E-state index in [0.29, 0.717) is 38.0 Å². The van der Waals surface area contributed by atoms with E-state index >= 15 is 0 Å². The van der Waals surface area contributed by atoms with Gasteiger partial charge in [0.25, 0.3) is 0 Å². The number of rotatable bonds is 6. The number of thioether (sulfide) groups is 1. The molecule has 1 N–H and O–H groups in total. The van der Waals surface area contributed by atoms with Crippen molar-refractivity contribution in [2.24, 2.45) is 0 Å². The van der Waals surface area contributed by atoms with Crippen LogP contribution in [0.4, 0.5) is 0 Å². The van der Waals surface area contributed by atoms with Crippen LogP contribution in [0.5, 0.6) is 0 Å². The second-order valence-corrected chi connectivity index (χ2v) is 8.50. The van der Waals surface area contributed by atoms with Crippen LogP contribution < -0.4 is 5.32 Å². The Balaban J connectivity index is 1.97. The highest BCUT2D eigenvalue weighted by atomic mass is 35.5. The molecule has 2 aromatic rings. The van der Waals surface area contributed by atoms with E-state index < -0.39 is 5.92 Å². The number of hydrogen-bond acceptors (Lipinski definition) is 5. The van der Waals surface area contributed by atoms with Crippen LogP contribution in [0.25, 0.3) is 0 Å². The smallest absolute Gasteiger partial charge is 0.173 e. The molecule has 0 amide bonds. The number of nitrogens with zero attached hydrogens (tertiary/aromatic N) is 1. The fraction of sp³-hybridized carbons (Fsp3) is 0.208. The normalized spacial score (nSPS) is 16.2. The van der Waals surface area contributed by atoms with E-state index in [-0.39, 0.29) is 17.3 Å². The number of halogens is 1. The van der Waals surface area contributed by atoms with E-state index in [1.165, 1.54) is 18.7 Å². The van der Waals surface area contributed by atoms with E-state index in [2.05, 4.69) is 11.4 Å². The minimum Gasteiger partial charge on any atom is -0.353 e. The van der Waals surface area contributed by atoms with Gasteiger partial charge in [-0.05, 0) is 32.4 Å². The number of allylic oxidation sites excluding steroid dienone is 3. The Morgan fingerprint density at radius 2 is 1.80 bits per heavy atom. The number of nitriles is 1. The lowest BCUT2D eigenvalue weighted by molar-refractivity contribution is -0.113. The number of hydrogen-bond donors (Lipinski definition) is 1. The largest absolute Gasteiger partial charge is 0.353 e. The number of Topliss-reactive ketones (excluding diaryl/α,β-unsaturated/α-hetero) is 2. The van der Waals surface area contributed by atoms with Crippen LogP contribution in [-0.4, -0.2) is 17.3 Å². The highest BCUT2D eigenvalue weighted by Gasteiger charge is 2.34. The molecule has 6 heteroatoms. The number of ketones is 2. The molecule has 1 heterocycles. The number of dihydropyridines is 1. The molecular formula is C24H21ClN2O2S. The number of carbonyl (C=O) groups is 2. The third kappa shape index (κ3) is 4.51. The summed E-state index contributed by atoms with van der Waals surface area (Å²) in [6.45, 7) is 5.25. The number of benzene rings is 2. The molecule has 3 rings (SSSR count). The topological polar surface area (TPSA) is 70.0 Å². The van der Waals surface area contributed by atoms with Gasteiger partial charge in [-0.1, -0.05) is 71.4 Å². The summed E-state index contributed by atoms with van der Waals surface area (Å²) in [6.07, 6.45) is 0. The van der Waals surface area contributed by atoms with Crippen LogP contribution in [0.15, 0.2) is 70.4 Å². The van der Waals surface area contributed by atoms with Crippen LogP contribution in [0.3, 0.4) is 0 Å². The van der Waals surface area contributed by atoms with Crippen molar-refractivity contribution in [3.05, 3.63) is 92.1 Å². The van der Waals surface area contributed by atoms with Gasteiger partial charge in [0.05, 0.1) is 28.3 Å². The van der Waals surface area contributed by atoms with Crippen molar-refractivity contribution in [1.29, 1.82) is 5.26 Å². The molecule has 1 unspecified atom stereocenters. The Kier molecular flexibility index (Phi) is 6.81. The zero-order chi connectivity index (χ0) is 21.8. The van der Waals surface area contributed by atoms with Crippen LogP contribution in [0.2, 0.25) is 5.02 Å². The maximum atomic E-state index is 12.6. The number of nitrogens with one attached hydrogen (secondary N) is 1. The Bertz CT molecular complexity index is 1110. The van der Waals surface area contributed by atoms with Crippen LogP contribution in [0.1, 0.15) is 41.3 Å². The molecule has 0 fully saturated rings. The highest BCUT2D eigenvalue weighted by Crippen LogP contribution is 2.43.